The number of carbonyl (C=O) groups is 1. The van der Waals surface area contributed by atoms with Gasteiger partial charge in [-0.1, -0.05) is 6.07 Å². The molecule has 0 fully saturated rings. The first-order valence-corrected chi connectivity index (χ1v) is 5.42. The second kappa shape index (κ2) is 4.91. The van der Waals surface area contributed by atoms with Crippen molar-refractivity contribution in [1.29, 1.82) is 0 Å². The number of hydrogen-bond donors (Lipinski definition) is 0. The fourth-order valence-electron chi connectivity index (χ4n) is 1.77. The van der Waals surface area contributed by atoms with E-state index in [2.05, 4.69) is 4.98 Å². The quantitative estimate of drug-likeness (QED) is 0.770. The molecular formula is C13H14N2O3. The van der Waals surface area contributed by atoms with Gasteiger partial charge in [-0.3, -0.25) is 4.79 Å². The lowest BCUT2D eigenvalue weighted by Gasteiger charge is -2.11. The summed E-state index contributed by atoms with van der Waals surface area (Å²) < 4.78 is 12.1. The first-order chi connectivity index (χ1) is 8.69. The molecule has 5 heteroatoms. The molecule has 0 saturated carbocycles. The minimum Gasteiger partial charge on any atom is -0.496 e. The molecule has 0 N–H and O–H groups in total. The number of carbonyl (C=O) groups excluding carboxylic acids is 1. The normalized spacial score (nSPS) is 10.2. The fraction of sp³-hybridized carbons (Fsp3) is 0.231. The summed E-state index contributed by atoms with van der Waals surface area (Å²) in [5.41, 5.74) is 0.386. The minimum atomic E-state index is -0.225. The number of methoxy groups -OCH3 is 2. The van der Waals surface area contributed by atoms with Gasteiger partial charge in [0.2, 0.25) is 5.78 Å². The van der Waals surface area contributed by atoms with Crippen LogP contribution in [0.15, 0.2) is 30.6 Å². The van der Waals surface area contributed by atoms with Crippen LogP contribution in [0.3, 0.4) is 0 Å². The lowest BCUT2D eigenvalue weighted by Crippen LogP contribution is -2.11. The zero-order chi connectivity index (χ0) is 13.1. The predicted octanol–water partition coefficient (Wildman–Crippen LogP) is 1.67. The molecular weight excluding hydrogens is 232 g/mol. The number of aromatic nitrogens is 2. The van der Waals surface area contributed by atoms with Crippen molar-refractivity contribution in [2.45, 2.75) is 0 Å². The molecule has 2 rings (SSSR count). The van der Waals surface area contributed by atoms with Crippen molar-refractivity contribution in [2.24, 2.45) is 7.05 Å². The van der Waals surface area contributed by atoms with E-state index >= 15 is 0 Å². The highest BCUT2D eigenvalue weighted by Crippen LogP contribution is 2.30. The highest BCUT2D eigenvalue weighted by atomic mass is 16.5. The maximum atomic E-state index is 12.4. The number of rotatable bonds is 4. The number of benzene rings is 1. The van der Waals surface area contributed by atoms with Gasteiger partial charge >= 0.3 is 0 Å². The van der Waals surface area contributed by atoms with Gasteiger partial charge in [-0.2, -0.15) is 0 Å². The van der Waals surface area contributed by atoms with E-state index in [1.165, 1.54) is 14.2 Å². The summed E-state index contributed by atoms with van der Waals surface area (Å²) in [5, 5.41) is 0. The Balaban J connectivity index is 2.56. The van der Waals surface area contributed by atoms with E-state index in [9.17, 15) is 4.79 Å². The van der Waals surface area contributed by atoms with Crippen molar-refractivity contribution in [1.82, 2.24) is 9.55 Å². The third-order valence-corrected chi connectivity index (χ3v) is 2.68. The van der Waals surface area contributed by atoms with Crippen LogP contribution >= 0.6 is 0 Å². The van der Waals surface area contributed by atoms with Crippen molar-refractivity contribution >= 4 is 5.78 Å². The van der Waals surface area contributed by atoms with E-state index in [0.29, 0.717) is 22.9 Å². The highest BCUT2D eigenvalue weighted by molar-refractivity contribution is 6.10. The van der Waals surface area contributed by atoms with Gasteiger partial charge in [-0.05, 0) is 12.1 Å². The zero-order valence-electron chi connectivity index (χ0n) is 10.5. The fourth-order valence-corrected chi connectivity index (χ4v) is 1.77. The summed E-state index contributed by atoms with van der Waals surface area (Å²) in [6, 6.07) is 5.21. The first kappa shape index (κ1) is 12.2. The average Bonchev–Trinajstić information content (AvgIpc) is 2.83. The van der Waals surface area contributed by atoms with E-state index in [-0.39, 0.29) is 5.78 Å². The third kappa shape index (κ3) is 1.95. The molecule has 94 valence electrons. The molecule has 0 amide bonds. The number of nitrogens with zero attached hydrogens (tertiary/aromatic N) is 2. The summed E-state index contributed by atoms with van der Waals surface area (Å²) in [6.45, 7) is 0. The second-order valence-corrected chi connectivity index (χ2v) is 3.73. The van der Waals surface area contributed by atoms with Gasteiger partial charge in [0.25, 0.3) is 0 Å². The van der Waals surface area contributed by atoms with Crippen molar-refractivity contribution in [3.63, 3.8) is 0 Å². The number of ether oxygens (including phenoxy) is 2. The van der Waals surface area contributed by atoms with Crippen LogP contribution in [-0.2, 0) is 7.05 Å². The Morgan fingerprint density at radius 1 is 1.22 bits per heavy atom. The van der Waals surface area contributed by atoms with Crippen LogP contribution < -0.4 is 9.47 Å². The van der Waals surface area contributed by atoms with E-state index in [1.807, 2.05) is 0 Å². The lowest BCUT2D eigenvalue weighted by molar-refractivity contribution is 0.102. The Bertz CT molecular complexity index is 553. The standard InChI is InChI=1S/C13H14N2O3/c1-15-8-7-14-13(15)12(16)11-9(17-2)5-4-6-10(11)18-3/h4-8H,1-3H3. The molecule has 0 aliphatic rings. The van der Waals surface area contributed by atoms with Gasteiger partial charge in [-0.25, -0.2) is 4.98 Å². The molecule has 5 nitrogen and oxygen atoms in total. The summed E-state index contributed by atoms with van der Waals surface area (Å²) in [6.07, 6.45) is 3.30. The summed E-state index contributed by atoms with van der Waals surface area (Å²) in [5.74, 6) is 1.07. The van der Waals surface area contributed by atoms with Crippen molar-refractivity contribution in [2.75, 3.05) is 14.2 Å². The summed E-state index contributed by atoms with van der Waals surface area (Å²) in [7, 11) is 4.80. The molecule has 18 heavy (non-hydrogen) atoms. The number of hydrogen-bond acceptors (Lipinski definition) is 4. The molecule has 0 saturated heterocycles. The number of ketones is 1. The van der Waals surface area contributed by atoms with E-state index in [4.69, 9.17) is 9.47 Å². The minimum absolute atomic E-state index is 0.225. The van der Waals surface area contributed by atoms with Gasteiger partial charge in [0, 0.05) is 19.4 Å². The molecule has 1 heterocycles. The van der Waals surface area contributed by atoms with Gasteiger partial charge < -0.3 is 14.0 Å². The number of imidazole rings is 1. The molecule has 0 aliphatic carbocycles. The predicted molar refractivity (Wildman–Crippen MR) is 66.2 cm³/mol. The van der Waals surface area contributed by atoms with Gasteiger partial charge in [-0.15, -0.1) is 0 Å². The second-order valence-electron chi connectivity index (χ2n) is 3.73. The van der Waals surface area contributed by atoms with Crippen LogP contribution in [0.4, 0.5) is 0 Å². The zero-order valence-corrected chi connectivity index (χ0v) is 10.5. The Kier molecular flexibility index (Phi) is 3.32. The van der Waals surface area contributed by atoms with Crippen LogP contribution in [0.5, 0.6) is 11.5 Å². The maximum absolute atomic E-state index is 12.4. The van der Waals surface area contributed by atoms with Crippen molar-refractivity contribution in [3.8, 4) is 11.5 Å². The maximum Gasteiger partial charge on any atom is 0.235 e. The van der Waals surface area contributed by atoms with Crippen LogP contribution in [0.25, 0.3) is 0 Å². The van der Waals surface area contributed by atoms with Crippen LogP contribution in [0.1, 0.15) is 16.2 Å². The molecule has 0 radical (unpaired) electrons. The van der Waals surface area contributed by atoms with Crippen LogP contribution in [-0.4, -0.2) is 29.6 Å². The molecule has 0 aliphatic heterocycles. The van der Waals surface area contributed by atoms with Crippen LogP contribution in [0.2, 0.25) is 0 Å². The van der Waals surface area contributed by atoms with Crippen molar-refractivity contribution in [3.05, 3.63) is 42.0 Å². The summed E-state index contributed by atoms with van der Waals surface area (Å²) in [4.78, 5) is 16.5. The lowest BCUT2D eigenvalue weighted by atomic mass is 10.1. The monoisotopic (exact) mass is 246 g/mol. The summed E-state index contributed by atoms with van der Waals surface area (Å²) >= 11 is 0. The van der Waals surface area contributed by atoms with Gasteiger partial charge in [0.15, 0.2) is 5.82 Å². The Morgan fingerprint density at radius 3 is 2.28 bits per heavy atom. The number of aryl methyl sites for hydroxylation is 1. The molecule has 2 aromatic rings. The molecule has 1 aromatic carbocycles. The van der Waals surface area contributed by atoms with Crippen molar-refractivity contribution < 1.29 is 14.3 Å². The molecule has 0 bridgehead atoms. The average molecular weight is 246 g/mol. The Labute approximate surface area is 105 Å². The highest BCUT2D eigenvalue weighted by Gasteiger charge is 2.22. The topological polar surface area (TPSA) is 53.4 Å². The molecule has 0 unspecified atom stereocenters. The largest absolute Gasteiger partial charge is 0.496 e. The van der Waals surface area contributed by atoms with E-state index in [0.717, 1.165) is 0 Å². The third-order valence-electron chi connectivity index (χ3n) is 2.68. The van der Waals surface area contributed by atoms with Crippen LogP contribution in [0, 0.1) is 0 Å². The molecule has 1 aromatic heterocycles. The van der Waals surface area contributed by atoms with Gasteiger partial charge in [0.05, 0.1) is 14.2 Å². The van der Waals surface area contributed by atoms with E-state index in [1.54, 1.807) is 42.2 Å². The molecule has 0 atom stereocenters. The Hall–Kier alpha value is -2.30. The Morgan fingerprint density at radius 2 is 1.83 bits per heavy atom. The van der Waals surface area contributed by atoms with Gasteiger partial charge in [0.1, 0.15) is 17.1 Å². The smallest absolute Gasteiger partial charge is 0.235 e. The first-order valence-electron chi connectivity index (χ1n) is 5.42. The SMILES string of the molecule is COc1cccc(OC)c1C(=O)c1nccn1C. The molecule has 0 spiro atoms. The van der Waals surface area contributed by atoms with E-state index < -0.39 is 0 Å².